The molecule has 0 bridgehead atoms. The molecule has 0 spiro atoms. The van der Waals surface area contributed by atoms with Crippen LogP contribution in [0.5, 0.6) is 5.75 Å². The fraction of sp³-hybridized carbons (Fsp3) is 0.130. The molecule has 3 rings (SSSR count). The number of ether oxygens (including phenoxy) is 1. The minimum atomic E-state index is -0.244. The molecular formula is C23H21N5O2. The molecule has 0 fully saturated rings. The topological polar surface area (TPSA) is 92.8 Å². The number of benzene rings is 1. The lowest BCUT2D eigenvalue weighted by Crippen LogP contribution is -2.22. The zero-order valence-electron chi connectivity index (χ0n) is 16.8. The van der Waals surface area contributed by atoms with E-state index in [1.807, 2.05) is 49.4 Å². The van der Waals surface area contributed by atoms with Gasteiger partial charge in [0.25, 0.3) is 5.91 Å². The maximum Gasteiger partial charge on any atom is 0.254 e. The van der Waals surface area contributed by atoms with Gasteiger partial charge in [-0.2, -0.15) is 10.4 Å². The van der Waals surface area contributed by atoms with Crippen molar-refractivity contribution in [3.05, 3.63) is 89.9 Å². The molecule has 0 aliphatic heterocycles. The van der Waals surface area contributed by atoms with Gasteiger partial charge >= 0.3 is 0 Å². The molecule has 0 aliphatic carbocycles. The van der Waals surface area contributed by atoms with E-state index in [4.69, 9.17) is 10.00 Å². The number of methoxy groups -OCH3 is 1. The first-order valence-corrected chi connectivity index (χ1v) is 9.25. The quantitative estimate of drug-likeness (QED) is 0.612. The van der Waals surface area contributed by atoms with Crippen molar-refractivity contribution < 1.29 is 9.53 Å². The minimum absolute atomic E-state index is 0.244. The molecule has 0 unspecified atom stereocenters. The van der Waals surface area contributed by atoms with Gasteiger partial charge in [-0.15, -0.1) is 0 Å². The van der Waals surface area contributed by atoms with Gasteiger partial charge < -0.3 is 10.1 Å². The van der Waals surface area contributed by atoms with Crippen molar-refractivity contribution in [3.8, 4) is 17.6 Å². The highest BCUT2D eigenvalue weighted by molar-refractivity contribution is 5.93. The van der Waals surface area contributed by atoms with Gasteiger partial charge in [-0.1, -0.05) is 43.0 Å². The molecule has 2 heterocycles. The van der Waals surface area contributed by atoms with Crippen molar-refractivity contribution in [2.24, 2.45) is 0 Å². The number of carbonyl (C=O) groups excluding carboxylic acids is 1. The average molecular weight is 399 g/mol. The second-order valence-corrected chi connectivity index (χ2v) is 6.36. The molecule has 1 N–H and O–H groups in total. The van der Waals surface area contributed by atoms with E-state index in [0.717, 1.165) is 16.7 Å². The van der Waals surface area contributed by atoms with Gasteiger partial charge in [-0.3, -0.25) is 4.79 Å². The number of carbonyl (C=O) groups is 1. The number of rotatable bonds is 7. The van der Waals surface area contributed by atoms with Gasteiger partial charge in [-0.25, -0.2) is 9.67 Å². The number of nitrogens with zero attached hydrogens (tertiary/aromatic N) is 4. The Labute approximate surface area is 174 Å². The Morgan fingerprint density at radius 1 is 1.30 bits per heavy atom. The van der Waals surface area contributed by atoms with Gasteiger partial charge in [0.2, 0.25) is 0 Å². The van der Waals surface area contributed by atoms with Crippen molar-refractivity contribution in [3.63, 3.8) is 0 Å². The van der Waals surface area contributed by atoms with Crippen molar-refractivity contribution in [1.29, 1.82) is 5.26 Å². The SMILES string of the molecule is C=C/C(=C\C)c1ccc(CNC(=O)c2cnn(-c3cc(OC)c(C#N)cn3)c2)cc1. The zero-order chi connectivity index (χ0) is 21.5. The van der Waals surface area contributed by atoms with Crippen LogP contribution < -0.4 is 10.1 Å². The number of nitrogens with one attached hydrogen (secondary N) is 1. The van der Waals surface area contributed by atoms with Gasteiger partial charge in [0, 0.05) is 18.8 Å². The number of nitriles is 1. The van der Waals surface area contributed by atoms with Crippen LogP contribution in [0.3, 0.4) is 0 Å². The summed E-state index contributed by atoms with van der Waals surface area (Å²) in [6, 6.07) is 11.5. The van der Waals surface area contributed by atoms with Gasteiger partial charge in [-0.05, 0) is 23.6 Å². The smallest absolute Gasteiger partial charge is 0.254 e. The summed E-state index contributed by atoms with van der Waals surface area (Å²) in [4.78, 5) is 16.7. The number of allylic oxidation sites excluding steroid dienone is 3. The lowest BCUT2D eigenvalue weighted by atomic mass is 10.0. The third-order valence-electron chi connectivity index (χ3n) is 4.54. The van der Waals surface area contributed by atoms with Crippen LogP contribution in [-0.2, 0) is 6.54 Å². The first-order chi connectivity index (χ1) is 14.6. The highest BCUT2D eigenvalue weighted by Crippen LogP contribution is 2.19. The summed E-state index contributed by atoms with van der Waals surface area (Å²) in [5, 5.41) is 16.1. The van der Waals surface area contributed by atoms with Gasteiger partial charge in [0.1, 0.15) is 17.4 Å². The van der Waals surface area contributed by atoms with E-state index in [0.29, 0.717) is 29.2 Å². The van der Waals surface area contributed by atoms with E-state index in [1.165, 1.54) is 24.2 Å². The molecule has 2 aromatic heterocycles. The summed E-state index contributed by atoms with van der Waals surface area (Å²) in [5.74, 6) is 0.596. The van der Waals surface area contributed by atoms with Crippen LogP contribution >= 0.6 is 0 Å². The molecule has 150 valence electrons. The van der Waals surface area contributed by atoms with Gasteiger partial charge in [0.05, 0.1) is 25.1 Å². The molecule has 0 aliphatic rings. The van der Waals surface area contributed by atoms with Crippen molar-refractivity contribution in [2.75, 3.05) is 7.11 Å². The summed E-state index contributed by atoms with van der Waals surface area (Å²) >= 11 is 0. The van der Waals surface area contributed by atoms with Crippen LogP contribution in [0, 0.1) is 11.3 Å². The minimum Gasteiger partial charge on any atom is -0.495 e. The third kappa shape index (κ3) is 4.45. The lowest BCUT2D eigenvalue weighted by Gasteiger charge is -2.06. The van der Waals surface area contributed by atoms with Crippen LogP contribution in [0.25, 0.3) is 11.4 Å². The molecule has 1 aromatic carbocycles. The van der Waals surface area contributed by atoms with Crippen LogP contribution in [0.4, 0.5) is 0 Å². The molecule has 0 saturated carbocycles. The number of hydrogen-bond donors (Lipinski definition) is 1. The maximum absolute atomic E-state index is 12.5. The Hall–Kier alpha value is -4.18. The number of amides is 1. The summed E-state index contributed by atoms with van der Waals surface area (Å²) in [5.41, 5.74) is 3.85. The Morgan fingerprint density at radius 2 is 2.07 bits per heavy atom. The number of hydrogen-bond acceptors (Lipinski definition) is 5. The molecule has 30 heavy (non-hydrogen) atoms. The van der Waals surface area contributed by atoms with Crippen molar-refractivity contribution in [2.45, 2.75) is 13.5 Å². The molecule has 3 aromatic rings. The second kappa shape index (κ2) is 9.34. The van der Waals surface area contributed by atoms with Crippen LogP contribution in [-0.4, -0.2) is 27.8 Å². The molecule has 0 atom stereocenters. The Bertz CT molecular complexity index is 1140. The fourth-order valence-electron chi connectivity index (χ4n) is 2.87. The normalized spacial score (nSPS) is 10.9. The van der Waals surface area contributed by atoms with Crippen LogP contribution in [0.1, 0.15) is 34.0 Å². The predicted molar refractivity (Wildman–Crippen MR) is 114 cm³/mol. The fourth-order valence-corrected chi connectivity index (χ4v) is 2.87. The van der Waals surface area contributed by atoms with Crippen molar-refractivity contribution in [1.82, 2.24) is 20.1 Å². The van der Waals surface area contributed by atoms with Gasteiger partial charge in [0.15, 0.2) is 5.82 Å². The van der Waals surface area contributed by atoms with Crippen molar-refractivity contribution >= 4 is 11.5 Å². The summed E-state index contributed by atoms with van der Waals surface area (Å²) in [6.45, 7) is 6.17. The van der Waals surface area contributed by atoms with E-state index in [-0.39, 0.29) is 5.91 Å². The molecule has 7 nitrogen and oxygen atoms in total. The monoisotopic (exact) mass is 399 g/mol. The third-order valence-corrected chi connectivity index (χ3v) is 4.54. The average Bonchev–Trinajstić information content (AvgIpc) is 3.29. The Kier molecular flexibility index (Phi) is 6.40. The maximum atomic E-state index is 12.5. The predicted octanol–water partition coefficient (Wildman–Crippen LogP) is 3.67. The molecule has 0 saturated heterocycles. The zero-order valence-corrected chi connectivity index (χ0v) is 16.8. The van der Waals surface area contributed by atoms with E-state index < -0.39 is 0 Å². The molecule has 7 heteroatoms. The van der Waals surface area contributed by atoms with Crippen LogP contribution in [0.15, 0.2) is 67.7 Å². The Balaban J connectivity index is 1.67. The highest BCUT2D eigenvalue weighted by atomic mass is 16.5. The summed E-state index contributed by atoms with van der Waals surface area (Å²) in [6.07, 6.45) is 8.26. The summed E-state index contributed by atoms with van der Waals surface area (Å²) < 4.78 is 6.65. The molecule has 0 radical (unpaired) electrons. The first kappa shape index (κ1) is 20.6. The van der Waals surface area contributed by atoms with E-state index in [1.54, 1.807) is 12.3 Å². The standard InChI is InChI=1S/C23H21N5O2/c1-4-17(5-2)18-8-6-16(7-9-18)12-26-23(29)20-14-27-28(15-20)22-10-21(30-3)19(11-24)13-25-22/h4-10,13-15H,1,12H2,2-3H3,(H,26,29)/b17-5+. The second-order valence-electron chi connectivity index (χ2n) is 6.36. The Morgan fingerprint density at radius 3 is 2.70 bits per heavy atom. The molecule has 1 amide bonds. The van der Waals surface area contributed by atoms with E-state index in [9.17, 15) is 4.79 Å². The van der Waals surface area contributed by atoms with E-state index in [2.05, 4.69) is 22.0 Å². The first-order valence-electron chi connectivity index (χ1n) is 9.25. The number of pyridine rings is 1. The van der Waals surface area contributed by atoms with E-state index >= 15 is 0 Å². The summed E-state index contributed by atoms with van der Waals surface area (Å²) in [7, 11) is 1.48. The number of aromatic nitrogens is 3. The molecular weight excluding hydrogens is 378 g/mol. The van der Waals surface area contributed by atoms with Crippen LogP contribution in [0.2, 0.25) is 0 Å². The lowest BCUT2D eigenvalue weighted by molar-refractivity contribution is 0.0951. The highest BCUT2D eigenvalue weighted by Gasteiger charge is 2.12. The largest absolute Gasteiger partial charge is 0.495 e.